The van der Waals surface area contributed by atoms with Crippen molar-refractivity contribution in [2.75, 3.05) is 0 Å². The maximum atomic E-state index is 6.22. The van der Waals surface area contributed by atoms with Gasteiger partial charge in [-0.3, -0.25) is 0 Å². The molecule has 0 N–H and O–H groups in total. The smallest absolute Gasteiger partial charge is 0.136 e. The van der Waals surface area contributed by atoms with E-state index < -0.39 is 0 Å². The molecule has 1 aliphatic heterocycles. The summed E-state index contributed by atoms with van der Waals surface area (Å²) < 4.78 is 12.4. The van der Waals surface area contributed by atoms with Crippen molar-refractivity contribution in [1.82, 2.24) is 0 Å². The maximum Gasteiger partial charge on any atom is 0.136 e. The van der Waals surface area contributed by atoms with Crippen LogP contribution in [0.2, 0.25) is 0 Å². The summed E-state index contributed by atoms with van der Waals surface area (Å²) in [7, 11) is 0. The highest BCUT2D eigenvalue weighted by Crippen LogP contribution is 2.44. The molecule has 0 saturated carbocycles. The van der Waals surface area contributed by atoms with Gasteiger partial charge in [0.2, 0.25) is 0 Å². The molecule has 9 rings (SSSR count). The molecule has 2 nitrogen and oxygen atoms in total. The summed E-state index contributed by atoms with van der Waals surface area (Å²) in [5.41, 5.74) is 14.0. The molecule has 0 unspecified atom stereocenters. The lowest BCUT2D eigenvalue weighted by Crippen LogP contribution is -1.91. The highest BCUT2D eigenvalue weighted by atomic mass is 32.2. The molecule has 3 heterocycles. The standard InChI is InChI=1S/C38H24O2S/c1-3-11-33-29(7-1)37-27(9-5-13-35(37)39-33)23-15-17-25-21-41-22-26-18-16-24(20-32(26)31(25)19-23)28-10-6-14-36-38(28)30-8-2-4-12-34(30)40-36/h1-20H,21-22H2. The molecule has 41 heavy (non-hydrogen) atoms. The SMILES string of the molecule is c1ccc2c(c1)oc1cccc(-c3ccc4c(c3)-c3cc(-c5cccc6oc7ccccc7c56)ccc3CSC4)c12. The van der Waals surface area contributed by atoms with E-state index in [0.29, 0.717) is 0 Å². The number of rotatable bonds is 2. The van der Waals surface area contributed by atoms with E-state index in [1.54, 1.807) is 0 Å². The summed E-state index contributed by atoms with van der Waals surface area (Å²) in [6.45, 7) is 0. The van der Waals surface area contributed by atoms with Gasteiger partial charge in [-0.05, 0) is 80.9 Å². The van der Waals surface area contributed by atoms with E-state index in [2.05, 4.69) is 109 Å². The van der Waals surface area contributed by atoms with E-state index in [-0.39, 0.29) is 0 Å². The first kappa shape index (κ1) is 23.0. The molecule has 0 bridgehead atoms. The van der Waals surface area contributed by atoms with Gasteiger partial charge >= 0.3 is 0 Å². The van der Waals surface area contributed by atoms with E-state index >= 15 is 0 Å². The van der Waals surface area contributed by atoms with Crippen LogP contribution < -0.4 is 0 Å². The number of para-hydroxylation sites is 2. The lowest BCUT2D eigenvalue weighted by Gasteiger charge is -2.14. The highest BCUT2D eigenvalue weighted by Gasteiger charge is 2.20. The van der Waals surface area contributed by atoms with Gasteiger partial charge in [0.1, 0.15) is 22.3 Å². The minimum atomic E-state index is 0.928. The van der Waals surface area contributed by atoms with Crippen molar-refractivity contribution < 1.29 is 8.83 Å². The van der Waals surface area contributed by atoms with Crippen LogP contribution in [0.3, 0.4) is 0 Å². The summed E-state index contributed by atoms with van der Waals surface area (Å²) in [5, 5.41) is 4.68. The Labute approximate surface area is 241 Å². The molecule has 194 valence electrons. The second kappa shape index (κ2) is 8.89. The molecule has 0 spiro atoms. The zero-order valence-corrected chi connectivity index (χ0v) is 23.0. The number of furan rings is 2. The second-order valence-corrected chi connectivity index (χ2v) is 11.8. The third kappa shape index (κ3) is 3.52. The fraction of sp³-hybridized carbons (Fsp3) is 0.0526. The highest BCUT2D eigenvalue weighted by molar-refractivity contribution is 7.97. The van der Waals surface area contributed by atoms with Gasteiger partial charge in [0.15, 0.2) is 0 Å². The van der Waals surface area contributed by atoms with Crippen molar-refractivity contribution in [3.05, 3.63) is 132 Å². The normalized spacial score (nSPS) is 13.1. The first-order valence-corrected chi connectivity index (χ1v) is 15.1. The van der Waals surface area contributed by atoms with E-state index in [1.165, 1.54) is 55.3 Å². The molecule has 0 fully saturated rings. The summed E-state index contributed by atoms with van der Waals surface area (Å²) >= 11 is 1.99. The van der Waals surface area contributed by atoms with Gasteiger partial charge in [0.25, 0.3) is 0 Å². The summed E-state index contributed by atoms with van der Waals surface area (Å²) in [6.07, 6.45) is 0. The molecular weight excluding hydrogens is 520 g/mol. The lowest BCUT2D eigenvalue weighted by molar-refractivity contribution is 0.668. The average Bonchev–Trinajstić information content (AvgIpc) is 3.54. The van der Waals surface area contributed by atoms with E-state index in [0.717, 1.165) is 44.6 Å². The van der Waals surface area contributed by atoms with Crippen LogP contribution >= 0.6 is 11.8 Å². The van der Waals surface area contributed by atoms with Gasteiger partial charge in [-0.25, -0.2) is 0 Å². The third-order valence-electron chi connectivity index (χ3n) is 8.45. The molecule has 3 heteroatoms. The summed E-state index contributed by atoms with van der Waals surface area (Å²) in [4.78, 5) is 0. The first-order valence-electron chi connectivity index (χ1n) is 14.0. The first-order chi connectivity index (χ1) is 20.3. The van der Waals surface area contributed by atoms with Crippen LogP contribution in [0.25, 0.3) is 77.3 Å². The van der Waals surface area contributed by atoms with Crippen molar-refractivity contribution >= 4 is 55.6 Å². The molecule has 1 aliphatic rings. The zero-order chi connectivity index (χ0) is 26.9. The van der Waals surface area contributed by atoms with Crippen molar-refractivity contribution in [1.29, 1.82) is 0 Å². The Balaban J connectivity index is 1.26. The summed E-state index contributed by atoms with van der Waals surface area (Å²) in [5.74, 6) is 2.00. The lowest BCUT2D eigenvalue weighted by atomic mass is 9.89. The maximum absolute atomic E-state index is 6.22. The second-order valence-electron chi connectivity index (χ2n) is 10.8. The van der Waals surface area contributed by atoms with E-state index in [4.69, 9.17) is 8.83 Å². The largest absolute Gasteiger partial charge is 0.456 e. The number of fused-ring (bicyclic) bond motifs is 9. The topological polar surface area (TPSA) is 26.3 Å². The van der Waals surface area contributed by atoms with Gasteiger partial charge in [-0.15, -0.1) is 0 Å². The van der Waals surface area contributed by atoms with Gasteiger partial charge < -0.3 is 8.83 Å². The molecule has 0 atom stereocenters. The van der Waals surface area contributed by atoms with Crippen LogP contribution in [0.5, 0.6) is 0 Å². The van der Waals surface area contributed by atoms with Gasteiger partial charge in [-0.1, -0.05) is 84.9 Å². The fourth-order valence-electron chi connectivity index (χ4n) is 6.54. The average molecular weight is 545 g/mol. The Kier molecular flexibility index (Phi) is 4.99. The van der Waals surface area contributed by atoms with E-state index in [9.17, 15) is 0 Å². The Bertz CT molecular complexity index is 2140. The molecular formula is C38H24O2S. The predicted molar refractivity (Wildman–Crippen MR) is 172 cm³/mol. The Morgan fingerprint density at radius 2 is 0.878 bits per heavy atom. The third-order valence-corrected chi connectivity index (χ3v) is 9.48. The van der Waals surface area contributed by atoms with Crippen molar-refractivity contribution in [2.24, 2.45) is 0 Å². The fourth-order valence-corrected chi connectivity index (χ4v) is 7.59. The Hall–Kier alpha value is -4.73. The number of hydrogen-bond acceptors (Lipinski definition) is 3. The Morgan fingerprint density at radius 3 is 1.39 bits per heavy atom. The van der Waals surface area contributed by atoms with Crippen LogP contribution in [0, 0.1) is 0 Å². The van der Waals surface area contributed by atoms with Crippen LogP contribution in [-0.4, -0.2) is 0 Å². The van der Waals surface area contributed by atoms with Gasteiger partial charge in [-0.2, -0.15) is 11.8 Å². The molecule has 0 amide bonds. The van der Waals surface area contributed by atoms with E-state index in [1.807, 2.05) is 23.9 Å². The zero-order valence-electron chi connectivity index (χ0n) is 22.2. The van der Waals surface area contributed by atoms with Gasteiger partial charge in [0.05, 0.1) is 0 Å². The molecule has 0 radical (unpaired) electrons. The van der Waals surface area contributed by atoms with Crippen LogP contribution in [0.1, 0.15) is 11.1 Å². The quantitative estimate of drug-likeness (QED) is 0.216. The molecule has 2 aromatic heterocycles. The number of hydrogen-bond donors (Lipinski definition) is 0. The van der Waals surface area contributed by atoms with Crippen LogP contribution in [-0.2, 0) is 11.5 Å². The Morgan fingerprint density at radius 1 is 0.415 bits per heavy atom. The monoisotopic (exact) mass is 544 g/mol. The minimum absolute atomic E-state index is 0.928. The van der Waals surface area contributed by atoms with Crippen molar-refractivity contribution in [3.63, 3.8) is 0 Å². The number of thioether (sulfide) groups is 1. The van der Waals surface area contributed by atoms with Crippen molar-refractivity contribution in [3.8, 4) is 33.4 Å². The predicted octanol–water partition coefficient (Wildman–Crippen LogP) is 11.2. The minimum Gasteiger partial charge on any atom is -0.456 e. The molecule has 0 saturated heterocycles. The number of benzene rings is 6. The molecule has 8 aromatic rings. The van der Waals surface area contributed by atoms with Crippen LogP contribution in [0.4, 0.5) is 0 Å². The summed E-state index contributed by atoms with van der Waals surface area (Å²) in [6, 6.07) is 43.5. The van der Waals surface area contributed by atoms with Crippen molar-refractivity contribution in [2.45, 2.75) is 11.5 Å². The van der Waals surface area contributed by atoms with Gasteiger partial charge in [0, 0.05) is 33.1 Å². The molecule has 6 aromatic carbocycles. The van der Waals surface area contributed by atoms with Crippen LogP contribution in [0.15, 0.2) is 130 Å². The molecule has 0 aliphatic carbocycles.